The van der Waals surface area contributed by atoms with E-state index in [9.17, 15) is 18.0 Å². The summed E-state index contributed by atoms with van der Waals surface area (Å²) in [5, 5.41) is 0. The number of aromatic nitrogens is 2. The number of aryl methyl sites for hydroxylation is 2. The molecule has 1 amide bonds. The minimum absolute atomic E-state index is 0.0708. The summed E-state index contributed by atoms with van der Waals surface area (Å²) < 4.78 is 35.1. The third kappa shape index (κ3) is 8.26. The lowest BCUT2D eigenvalue weighted by Gasteiger charge is -2.40. The molecule has 1 saturated heterocycles. The molecule has 2 aromatic carbocycles. The van der Waals surface area contributed by atoms with E-state index in [0.717, 1.165) is 42.6 Å². The Balaban J connectivity index is 1.32. The van der Waals surface area contributed by atoms with Crippen molar-refractivity contribution >= 4 is 28.2 Å². The van der Waals surface area contributed by atoms with Crippen molar-refractivity contribution in [2.24, 2.45) is 5.92 Å². The highest BCUT2D eigenvalue weighted by atomic mass is 32.2. The number of carbonyl (C=O) groups is 2. The maximum Gasteiger partial charge on any atom is 0.264 e. The van der Waals surface area contributed by atoms with Gasteiger partial charge in [0.15, 0.2) is 0 Å². The molecule has 2 fully saturated rings. The normalized spacial score (nSPS) is 18.0. The Morgan fingerprint density at radius 2 is 1.76 bits per heavy atom. The zero-order chi connectivity index (χ0) is 32.0. The van der Waals surface area contributed by atoms with Crippen molar-refractivity contribution in [1.29, 1.82) is 0 Å². The van der Waals surface area contributed by atoms with Gasteiger partial charge in [0.25, 0.3) is 10.0 Å². The Kier molecular flexibility index (Phi) is 10.5. The van der Waals surface area contributed by atoms with Crippen molar-refractivity contribution in [3.8, 4) is 17.1 Å². The molecule has 11 heteroatoms. The van der Waals surface area contributed by atoms with Crippen LogP contribution < -0.4 is 9.46 Å². The van der Waals surface area contributed by atoms with E-state index in [1.807, 2.05) is 36.9 Å². The number of anilines is 1. The number of sulfonamides is 1. The third-order valence-electron chi connectivity index (χ3n) is 8.99. The highest BCUT2D eigenvalue weighted by Crippen LogP contribution is 2.30. The summed E-state index contributed by atoms with van der Waals surface area (Å²) >= 11 is 0. The van der Waals surface area contributed by atoms with Gasteiger partial charge in [0, 0.05) is 49.3 Å². The van der Waals surface area contributed by atoms with Crippen LogP contribution in [-0.4, -0.2) is 79.7 Å². The maximum atomic E-state index is 13.2. The Morgan fingerprint density at radius 1 is 1.02 bits per heavy atom. The van der Waals surface area contributed by atoms with Gasteiger partial charge in [-0.1, -0.05) is 49.6 Å². The fraction of sp³-hybridized carbons (Fsp3) is 0.471. The lowest BCUT2D eigenvalue weighted by Crippen LogP contribution is -2.53. The van der Waals surface area contributed by atoms with Crippen molar-refractivity contribution < 1.29 is 22.7 Å². The van der Waals surface area contributed by atoms with Crippen LogP contribution in [0.4, 0.5) is 5.95 Å². The van der Waals surface area contributed by atoms with Crippen molar-refractivity contribution in [1.82, 2.24) is 19.8 Å². The fourth-order valence-corrected chi connectivity index (χ4v) is 7.37. The van der Waals surface area contributed by atoms with Crippen LogP contribution in [0.2, 0.25) is 0 Å². The summed E-state index contributed by atoms with van der Waals surface area (Å²) in [7, 11) is -2.01. The molecule has 2 aliphatic rings. The molecule has 0 bridgehead atoms. The molecular weight excluding hydrogens is 590 g/mol. The van der Waals surface area contributed by atoms with Crippen LogP contribution in [0, 0.1) is 19.8 Å². The minimum Gasteiger partial charge on any atom is -0.477 e. The van der Waals surface area contributed by atoms with E-state index in [2.05, 4.69) is 26.6 Å². The number of hydrogen-bond donors (Lipinski definition) is 1. The van der Waals surface area contributed by atoms with Gasteiger partial charge >= 0.3 is 0 Å². The van der Waals surface area contributed by atoms with Gasteiger partial charge in [-0.3, -0.25) is 14.5 Å². The van der Waals surface area contributed by atoms with E-state index in [1.165, 1.54) is 43.5 Å². The van der Waals surface area contributed by atoms with Crippen LogP contribution in [0.25, 0.3) is 11.3 Å². The van der Waals surface area contributed by atoms with E-state index in [0.29, 0.717) is 43.9 Å². The molecule has 1 aromatic heterocycles. The average Bonchev–Trinajstić information content (AvgIpc) is 3.02. The Hall–Kier alpha value is -3.83. The first-order valence-electron chi connectivity index (χ1n) is 15.8. The molecule has 1 saturated carbocycles. The van der Waals surface area contributed by atoms with Crippen LogP contribution in [0.1, 0.15) is 66.4 Å². The molecular formula is C34H43N5O5S. The van der Waals surface area contributed by atoms with Gasteiger partial charge in [0.05, 0.1) is 17.2 Å². The largest absolute Gasteiger partial charge is 0.477 e. The van der Waals surface area contributed by atoms with Gasteiger partial charge in [-0.25, -0.2) is 18.1 Å². The van der Waals surface area contributed by atoms with E-state index in [1.54, 1.807) is 6.07 Å². The van der Waals surface area contributed by atoms with Crippen LogP contribution in [-0.2, 0) is 14.8 Å². The summed E-state index contributed by atoms with van der Waals surface area (Å²) in [5.74, 6) is 0.879. The first-order chi connectivity index (χ1) is 21.6. The number of rotatable bonds is 11. The first kappa shape index (κ1) is 32.6. The lowest BCUT2D eigenvalue weighted by molar-refractivity contribution is -0.135. The maximum absolute atomic E-state index is 13.2. The van der Waals surface area contributed by atoms with Crippen molar-refractivity contribution in [3.63, 3.8) is 0 Å². The smallest absolute Gasteiger partial charge is 0.264 e. The van der Waals surface area contributed by atoms with Crippen LogP contribution in [0.5, 0.6) is 5.88 Å². The van der Waals surface area contributed by atoms with Gasteiger partial charge in [0.2, 0.25) is 17.7 Å². The summed E-state index contributed by atoms with van der Waals surface area (Å²) in [6, 6.07) is 13.5. The second-order valence-electron chi connectivity index (χ2n) is 12.3. The average molecular weight is 634 g/mol. The van der Waals surface area contributed by atoms with Crippen molar-refractivity contribution in [3.05, 3.63) is 65.2 Å². The molecule has 1 atom stereocenters. The number of piperazine rings is 1. The van der Waals surface area contributed by atoms with Gasteiger partial charge in [-0.15, -0.1) is 0 Å². The van der Waals surface area contributed by atoms with Gasteiger partial charge in [0.1, 0.15) is 6.29 Å². The van der Waals surface area contributed by atoms with E-state index < -0.39 is 10.0 Å². The number of ether oxygens (including phenoxy) is 1. The zero-order valence-corrected chi connectivity index (χ0v) is 27.2. The molecule has 45 heavy (non-hydrogen) atoms. The predicted molar refractivity (Wildman–Crippen MR) is 174 cm³/mol. The second kappa shape index (κ2) is 14.5. The fourth-order valence-electron chi connectivity index (χ4n) is 6.38. The number of aldehydes is 1. The summed E-state index contributed by atoms with van der Waals surface area (Å²) in [5.41, 5.74) is 3.61. The molecule has 1 aliphatic heterocycles. The number of nitrogens with zero attached hydrogens (tertiary/aromatic N) is 4. The standard InChI is InChI=1S/C34H43N5O5S/c1-24-9-7-10-25(2)33(24)30-21-31(36-34(35-30)37-45(42,43)29-14-8-13-27(19-29)23-40)44-18-15-28-22-39(17-16-38(28)3)32(41)20-26-11-5-4-6-12-26/h7-10,13-14,19,21,23,26,28H,4-6,11-12,15-18,20,22H2,1-3H3,(H,35,36,37)/t28-/m0/s1. The third-order valence-corrected chi connectivity index (χ3v) is 10.3. The molecule has 3 aromatic rings. The number of hydrogen-bond acceptors (Lipinski definition) is 8. The summed E-state index contributed by atoms with van der Waals surface area (Å²) in [6.07, 6.45) is 7.96. The molecule has 0 unspecified atom stereocenters. The number of amides is 1. The second-order valence-corrected chi connectivity index (χ2v) is 14.0. The molecule has 5 rings (SSSR count). The first-order valence-corrected chi connectivity index (χ1v) is 17.3. The van der Waals surface area contributed by atoms with Gasteiger partial charge < -0.3 is 9.64 Å². The molecule has 240 valence electrons. The lowest BCUT2D eigenvalue weighted by atomic mass is 9.86. The van der Waals surface area contributed by atoms with E-state index in [-0.39, 0.29) is 34.2 Å². The summed E-state index contributed by atoms with van der Waals surface area (Å²) in [4.78, 5) is 37.5. The molecule has 1 aliphatic carbocycles. The van der Waals surface area contributed by atoms with Crippen LogP contribution in [0.3, 0.4) is 0 Å². The van der Waals surface area contributed by atoms with Crippen LogP contribution >= 0.6 is 0 Å². The number of likely N-dealkylation sites (N-methyl/N-ethyl adjacent to an activating group) is 1. The quantitative estimate of drug-likeness (QED) is 0.284. The van der Waals surface area contributed by atoms with Crippen molar-refractivity contribution in [2.75, 3.05) is 38.0 Å². The molecule has 0 spiro atoms. The Morgan fingerprint density at radius 3 is 2.49 bits per heavy atom. The predicted octanol–water partition coefficient (Wildman–Crippen LogP) is 5.26. The SMILES string of the molecule is Cc1cccc(C)c1-c1cc(OCC[C@H]2CN(C(=O)CC3CCCCC3)CCN2C)nc(NS(=O)(=O)c2cccc(C=O)c2)n1. The monoisotopic (exact) mass is 633 g/mol. The topological polar surface area (TPSA) is 122 Å². The van der Waals surface area contributed by atoms with Gasteiger partial charge in [-0.05, 0) is 69.3 Å². The highest BCUT2D eigenvalue weighted by molar-refractivity contribution is 7.92. The van der Waals surface area contributed by atoms with Crippen LogP contribution in [0.15, 0.2) is 53.4 Å². The summed E-state index contributed by atoms with van der Waals surface area (Å²) in [6.45, 7) is 6.48. The molecule has 0 radical (unpaired) electrons. The molecule has 1 N–H and O–H groups in total. The van der Waals surface area contributed by atoms with Crippen molar-refractivity contribution in [2.45, 2.75) is 69.7 Å². The Labute approximate surface area is 266 Å². The van der Waals surface area contributed by atoms with Gasteiger partial charge in [-0.2, -0.15) is 4.98 Å². The van der Waals surface area contributed by atoms with E-state index >= 15 is 0 Å². The Bertz CT molecular complexity index is 1600. The molecule has 2 heterocycles. The number of benzene rings is 2. The number of carbonyl (C=O) groups excluding carboxylic acids is 2. The highest BCUT2D eigenvalue weighted by Gasteiger charge is 2.29. The van der Waals surface area contributed by atoms with E-state index in [4.69, 9.17) is 4.74 Å². The number of nitrogens with one attached hydrogen (secondary N) is 1. The zero-order valence-electron chi connectivity index (χ0n) is 26.4. The molecule has 10 nitrogen and oxygen atoms in total. The minimum atomic E-state index is -4.09.